The van der Waals surface area contributed by atoms with Crippen LogP contribution in [0.15, 0.2) is 30.3 Å². The average molecular weight is 302 g/mol. The molecular formula is C17H22N2OS. The van der Waals surface area contributed by atoms with Crippen LogP contribution in [0.1, 0.15) is 41.8 Å². The number of hydrogen-bond donors (Lipinski definition) is 1. The van der Waals surface area contributed by atoms with Gasteiger partial charge < -0.3 is 10.1 Å². The maximum absolute atomic E-state index is 5.80. The summed E-state index contributed by atoms with van der Waals surface area (Å²) < 4.78 is 5.80. The number of para-hydroxylation sites is 1. The Morgan fingerprint density at radius 2 is 2.10 bits per heavy atom. The molecule has 1 aromatic heterocycles. The van der Waals surface area contributed by atoms with Crippen LogP contribution in [0.2, 0.25) is 0 Å². The van der Waals surface area contributed by atoms with Crippen LogP contribution in [-0.4, -0.2) is 11.0 Å². The van der Waals surface area contributed by atoms with E-state index in [1.807, 2.05) is 30.3 Å². The van der Waals surface area contributed by atoms with E-state index in [9.17, 15) is 0 Å². The van der Waals surface area contributed by atoms with E-state index >= 15 is 0 Å². The van der Waals surface area contributed by atoms with Crippen molar-refractivity contribution in [2.75, 3.05) is 0 Å². The van der Waals surface area contributed by atoms with E-state index in [1.165, 1.54) is 23.4 Å². The van der Waals surface area contributed by atoms with Crippen molar-refractivity contribution < 1.29 is 4.74 Å². The number of aromatic nitrogens is 1. The highest BCUT2D eigenvalue weighted by atomic mass is 32.1. The molecule has 3 nitrogen and oxygen atoms in total. The van der Waals surface area contributed by atoms with Gasteiger partial charge in [0.25, 0.3) is 0 Å². The fourth-order valence-electron chi connectivity index (χ4n) is 2.26. The van der Waals surface area contributed by atoms with Crippen LogP contribution < -0.4 is 10.1 Å². The van der Waals surface area contributed by atoms with E-state index in [-0.39, 0.29) is 0 Å². The van der Waals surface area contributed by atoms with Gasteiger partial charge in [-0.1, -0.05) is 31.5 Å². The zero-order chi connectivity index (χ0) is 14.5. The SMILES string of the molecule is CCCc1nc(COc2ccccc2)sc1CNC1CC1. The largest absolute Gasteiger partial charge is 0.486 e. The average Bonchev–Trinajstić information content (AvgIpc) is 3.26. The Morgan fingerprint density at radius 3 is 2.81 bits per heavy atom. The minimum atomic E-state index is 0.564. The van der Waals surface area contributed by atoms with E-state index in [4.69, 9.17) is 9.72 Å². The maximum Gasteiger partial charge on any atom is 0.140 e. The molecule has 1 N–H and O–H groups in total. The second-order valence-electron chi connectivity index (χ2n) is 5.48. The summed E-state index contributed by atoms with van der Waals surface area (Å²) in [6.45, 7) is 3.73. The van der Waals surface area contributed by atoms with Crippen molar-refractivity contribution in [1.82, 2.24) is 10.3 Å². The molecule has 1 aliphatic carbocycles. The molecule has 0 atom stereocenters. The summed E-state index contributed by atoms with van der Waals surface area (Å²) in [6, 6.07) is 10.7. The monoisotopic (exact) mass is 302 g/mol. The lowest BCUT2D eigenvalue weighted by Crippen LogP contribution is -2.15. The van der Waals surface area contributed by atoms with Gasteiger partial charge in [0.2, 0.25) is 0 Å². The van der Waals surface area contributed by atoms with Gasteiger partial charge in [-0.2, -0.15) is 0 Å². The van der Waals surface area contributed by atoms with Crippen LogP contribution in [0.4, 0.5) is 0 Å². The van der Waals surface area contributed by atoms with Crippen LogP contribution in [0.3, 0.4) is 0 Å². The normalized spacial score (nSPS) is 14.3. The molecule has 1 aliphatic rings. The Labute approximate surface area is 130 Å². The first-order valence-corrected chi connectivity index (χ1v) is 8.55. The van der Waals surface area contributed by atoms with Gasteiger partial charge >= 0.3 is 0 Å². The number of aryl methyl sites for hydroxylation is 1. The summed E-state index contributed by atoms with van der Waals surface area (Å²) in [6.07, 6.45) is 4.85. The highest BCUT2D eigenvalue weighted by Crippen LogP contribution is 2.24. The van der Waals surface area contributed by atoms with Gasteiger partial charge in [0.15, 0.2) is 0 Å². The zero-order valence-electron chi connectivity index (χ0n) is 12.5. The third-order valence-electron chi connectivity index (χ3n) is 3.54. The van der Waals surface area contributed by atoms with Crippen LogP contribution in [0.25, 0.3) is 0 Å². The fraction of sp³-hybridized carbons (Fsp3) is 0.471. The van der Waals surface area contributed by atoms with E-state index in [0.29, 0.717) is 6.61 Å². The zero-order valence-corrected chi connectivity index (χ0v) is 13.3. The van der Waals surface area contributed by atoms with Crippen molar-refractivity contribution in [1.29, 1.82) is 0 Å². The molecule has 112 valence electrons. The summed E-state index contributed by atoms with van der Waals surface area (Å²) in [5.74, 6) is 0.905. The number of ether oxygens (including phenoxy) is 1. The molecule has 4 heteroatoms. The molecule has 1 saturated carbocycles. The van der Waals surface area contributed by atoms with Crippen molar-refractivity contribution >= 4 is 11.3 Å². The highest BCUT2D eigenvalue weighted by Gasteiger charge is 2.21. The lowest BCUT2D eigenvalue weighted by molar-refractivity contribution is 0.305. The number of nitrogens with zero attached hydrogens (tertiary/aromatic N) is 1. The standard InChI is InChI=1S/C17H22N2OS/c1-2-6-15-16(11-18-13-9-10-13)21-17(19-15)12-20-14-7-4-3-5-8-14/h3-5,7-8,13,18H,2,6,9-12H2,1H3. The minimum Gasteiger partial charge on any atom is -0.486 e. The molecule has 2 aromatic rings. The number of nitrogens with one attached hydrogen (secondary N) is 1. The summed E-state index contributed by atoms with van der Waals surface area (Å²) in [5, 5.41) is 4.67. The van der Waals surface area contributed by atoms with Crippen molar-refractivity contribution in [3.8, 4) is 5.75 Å². The number of benzene rings is 1. The molecule has 3 rings (SSSR count). The van der Waals surface area contributed by atoms with E-state index in [0.717, 1.165) is 36.2 Å². The first-order chi connectivity index (χ1) is 10.3. The van der Waals surface area contributed by atoms with Crippen LogP contribution in [0.5, 0.6) is 5.75 Å². The van der Waals surface area contributed by atoms with E-state index in [2.05, 4.69) is 12.2 Å². The number of thiazole rings is 1. The van der Waals surface area contributed by atoms with Gasteiger partial charge in [0, 0.05) is 17.5 Å². The van der Waals surface area contributed by atoms with Crippen LogP contribution in [0, 0.1) is 0 Å². The summed E-state index contributed by atoms with van der Waals surface area (Å²) >= 11 is 1.79. The summed E-state index contributed by atoms with van der Waals surface area (Å²) in [7, 11) is 0. The third kappa shape index (κ3) is 4.29. The first kappa shape index (κ1) is 14.5. The Kier molecular flexibility index (Phi) is 4.88. The second-order valence-corrected chi connectivity index (χ2v) is 6.65. The molecule has 0 unspecified atom stereocenters. The summed E-state index contributed by atoms with van der Waals surface area (Å²) in [4.78, 5) is 6.15. The Balaban J connectivity index is 1.62. The molecule has 1 heterocycles. The van der Waals surface area contributed by atoms with Crippen molar-refractivity contribution in [3.05, 3.63) is 45.9 Å². The lowest BCUT2D eigenvalue weighted by Gasteiger charge is -2.02. The molecule has 0 aliphatic heterocycles. The Bertz CT molecular complexity index is 563. The molecule has 0 spiro atoms. The number of rotatable bonds is 8. The van der Waals surface area contributed by atoms with Crippen molar-refractivity contribution in [2.45, 2.75) is 51.8 Å². The Hall–Kier alpha value is -1.39. The quantitative estimate of drug-likeness (QED) is 0.802. The van der Waals surface area contributed by atoms with Gasteiger partial charge in [-0.15, -0.1) is 11.3 Å². The van der Waals surface area contributed by atoms with Crippen LogP contribution >= 0.6 is 11.3 Å². The molecule has 0 bridgehead atoms. The lowest BCUT2D eigenvalue weighted by atomic mass is 10.2. The molecule has 0 amide bonds. The maximum atomic E-state index is 5.80. The van der Waals surface area contributed by atoms with E-state index < -0.39 is 0 Å². The molecule has 1 aromatic carbocycles. The smallest absolute Gasteiger partial charge is 0.140 e. The number of hydrogen-bond acceptors (Lipinski definition) is 4. The molecule has 21 heavy (non-hydrogen) atoms. The van der Waals surface area contributed by atoms with E-state index in [1.54, 1.807) is 11.3 Å². The molecular weight excluding hydrogens is 280 g/mol. The summed E-state index contributed by atoms with van der Waals surface area (Å²) in [5.41, 5.74) is 1.25. The fourth-order valence-corrected chi connectivity index (χ4v) is 3.23. The molecule has 0 radical (unpaired) electrons. The highest BCUT2D eigenvalue weighted by molar-refractivity contribution is 7.11. The topological polar surface area (TPSA) is 34.1 Å². The first-order valence-electron chi connectivity index (χ1n) is 7.74. The van der Waals surface area contributed by atoms with Crippen LogP contribution in [-0.2, 0) is 19.6 Å². The Morgan fingerprint density at radius 1 is 1.29 bits per heavy atom. The predicted molar refractivity (Wildman–Crippen MR) is 86.7 cm³/mol. The van der Waals surface area contributed by atoms with Gasteiger partial charge in [0.05, 0.1) is 5.69 Å². The molecule has 1 fully saturated rings. The van der Waals surface area contributed by atoms with Gasteiger partial charge in [0.1, 0.15) is 17.4 Å². The predicted octanol–water partition coefficient (Wildman–Crippen LogP) is 3.93. The van der Waals surface area contributed by atoms with Gasteiger partial charge in [-0.3, -0.25) is 0 Å². The third-order valence-corrected chi connectivity index (χ3v) is 4.61. The van der Waals surface area contributed by atoms with Gasteiger partial charge in [-0.05, 0) is 31.4 Å². The minimum absolute atomic E-state index is 0.564. The second kappa shape index (κ2) is 7.05. The van der Waals surface area contributed by atoms with Crippen molar-refractivity contribution in [3.63, 3.8) is 0 Å². The van der Waals surface area contributed by atoms with Gasteiger partial charge in [-0.25, -0.2) is 4.98 Å². The molecule has 0 saturated heterocycles. The van der Waals surface area contributed by atoms with Crippen molar-refractivity contribution in [2.24, 2.45) is 0 Å².